The van der Waals surface area contributed by atoms with Crippen LogP contribution in [0.3, 0.4) is 0 Å². The molecule has 1 aromatic carbocycles. The highest BCUT2D eigenvalue weighted by atomic mass is 35.5. The number of carbonyl (C=O) groups excluding carboxylic acids is 1. The van der Waals surface area contributed by atoms with Crippen molar-refractivity contribution in [1.82, 2.24) is 10.6 Å². The number of hydrogen-bond donors (Lipinski definition) is 2. The number of methoxy groups -OCH3 is 1. The second-order valence-corrected chi connectivity index (χ2v) is 5.15. The van der Waals surface area contributed by atoms with Crippen LogP contribution in [-0.4, -0.2) is 31.6 Å². The van der Waals surface area contributed by atoms with Gasteiger partial charge in [-0.3, -0.25) is 4.79 Å². The van der Waals surface area contributed by atoms with Crippen LogP contribution >= 0.6 is 12.4 Å². The lowest BCUT2D eigenvalue weighted by Crippen LogP contribution is -2.46. The Morgan fingerprint density at radius 3 is 2.62 bits per heavy atom. The molecule has 3 unspecified atom stereocenters. The Hall–Kier alpha value is -1.17. The van der Waals surface area contributed by atoms with Crippen LogP contribution in [0.4, 0.5) is 4.39 Å². The third-order valence-electron chi connectivity index (χ3n) is 3.65. The summed E-state index contributed by atoms with van der Waals surface area (Å²) in [7, 11) is 1.59. The van der Waals surface area contributed by atoms with Crippen LogP contribution in [-0.2, 0) is 9.53 Å². The van der Waals surface area contributed by atoms with Crippen LogP contribution in [0.15, 0.2) is 24.3 Å². The molecule has 6 heteroatoms. The maximum atomic E-state index is 13.0. The molecule has 1 aromatic rings. The molecule has 4 nitrogen and oxygen atoms in total. The van der Waals surface area contributed by atoms with E-state index in [-0.39, 0.29) is 42.3 Å². The van der Waals surface area contributed by atoms with E-state index in [1.807, 2.05) is 6.92 Å². The minimum absolute atomic E-state index is 0. The molecular weight excluding hydrogens is 295 g/mol. The minimum atomic E-state index is -0.291. The standard InChI is InChI=1S/C15H21FN2O2.ClH/c1-10(18-15(19)13-4-3-9-17-13)14(20-2)11-5-7-12(16)8-6-11;/h5-8,10,13-14,17H,3-4,9H2,1-2H3,(H,18,19);1H. The Bertz CT molecular complexity index is 449. The zero-order chi connectivity index (χ0) is 14.5. The monoisotopic (exact) mass is 316 g/mol. The molecule has 0 spiro atoms. The van der Waals surface area contributed by atoms with Gasteiger partial charge in [-0.05, 0) is 44.0 Å². The minimum Gasteiger partial charge on any atom is -0.375 e. The Morgan fingerprint density at radius 1 is 1.43 bits per heavy atom. The van der Waals surface area contributed by atoms with Crippen LogP contribution in [0.5, 0.6) is 0 Å². The molecular formula is C15H22ClFN2O2. The summed E-state index contributed by atoms with van der Waals surface area (Å²) in [5, 5.41) is 6.13. The second-order valence-electron chi connectivity index (χ2n) is 5.15. The summed E-state index contributed by atoms with van der Waals surface area (Å²) in [5.74, 6) is -0.283. The van der Waals surface area contributed by atoms with E-state index in [1.54, 1.807) is 19.2 Å². The van der Waals surface area contributed by atoms with E-state index >= 15 is 0 Å². The van der Waals surface area contributed by atoms with Crippen molar-refractivity contribution in [2.24, 2.45) is 0 Å². The summed E-state index contributed by atoms with van der Waals surface area (Å²) in [6.45, 7) is 2.78. The Morgan fingerprint density at radius 2 is 2.10 bits per heavy atom. The fraction of sp³-hybridized carbons (Fsp3) is 0.533. The Balaban J connectivity index is 0.00000220. The molecule has 21 heavy (non-hydrogen) atoms. The van der Waals surface area contributed by atoms with E-state index in [9.17, 15) is 9.18 Å². The molecule has 0 bridgehead atoms. The van der Waals surface area contributed by atoms with Gasteiger partial charge in [0.1, 0.15) is 11.9 Å². The zero-order valence-corrected chi connectivity index (χ0v) is 13.1. The summed E-state index contributed by atoms with van der Waals surface area (Å²) in [5.41, 5.74) is 0.848. The zero-order valence-electron chi connectivity index (χ0n) is 12.3. The third kappa shape index (κ3) is 4.66. The number of halogens is 2. The van der Waals surface area contributed by atoms with Crippen molar-refractivity contribution in [2.45, 2.75) is 38.0 Å². The normalized spacial score (nSPS) is 20.4. The molecule has 0 aliphatic carbocycles. The van der Waals surface area contributed by atoms with Gasteiger partial charge in [0.05, 0.1) is 12.1 Å². The largest absolute Gasteiger partial charge is 0.375 e. The number of benzene rings is 1. The first-order chi connectivity index (χ1) is 9.61. The van der Waals surface area contributed by atoms with E-state index < -0.39 is 0 Å². The van der Waals surface area contributed by atoms with E-state index in [4.69, 9.17) is 4.74 Å². The highest BCUT2D eigenvalue weighted by Crippen LogP contribution is 2.21. The molecule has 1 fully saturated rings. The van der Waals surface area contributed by atoms with Gasteiger partial charge < -0.3 is 15.4 Å². The van der Waals surface area contributed by atoms with Crippen molar-refractivity contribution < 1.29 is 13.9 Å². The van der Waals surface area contributed by atoms with E-state index in [0.29, 0.717) is 0 Å². The quantitative estimate of drug-likeness (QED) is 0.875. The molecule has 0 saturated carbocycles. The first-order valence-corrected chi connectivity index (χ1v) is 6.94. The van der Waals surface area contributed by atoms with Crippen molar-refractivity contribution >= 4 is 18.3 Å². The molecule has 2 N–H and O–H groups in total. The summed E-state index contributed by atoms with van der Waals surface area (Å²) >= 11 is 0. The lowest BCUT2D eigenvalue weighted by molar-refractivity contribution is -0.124. The number of amides is 1. The maximum Gasteiger partial charge on any atom is 0.237 e. The number of carbonyl (C=O) groups is 1. The lowest BCUT2D eigenvalue weighted by atomic mass is 10.0. The number of rotatable bonds is 5. The first-order valence-electron chi connectivity index (χ1n) is 6.94. The smallest absolute Gasteiger partial charge is 0.237 e. The molecule has 2 rings (SSSR count). The van der Waals surface area contributed by atoms with E-state index in [1.165, 1.54) is 12.1 Å². The fourth-order valence-electron chi connectivity index (χ4n) is 2.59. The van der Waals surface area contributed by atoms with Gasteiger partial charge >= 0.3 is 0 Å². The van der Waals surface area contributed by atoms with Crippen molar-refractivity contribution in [3.8, 4) is 0 Å². The van der Waals surface area contributed by atoms with Gasteiger partial charge in [-0.25, -0.2) is 4.39 Å². The SMILES string of the molecule is COC(c1ccc(F)cc1)C(C)NC(=O)C1CCCN1.Cl. The van der Waals surface area contributed by atoms with Crippen LogP contribution in [0.2, 0.25) is 0 Å². The van der Waals surface area contributed by atoms with Gasteiger partial charge in [0.25, 0.3) is 0 Å². The van der Waals surface area contributed by atoms with E-state index in [2.05, 4.69) is 10.6 Å². The number of ether oxygens (including phenoxy) is 1. The van der Waals surface area contributed by atoms with Crippen LogP contribution in [0.25, 0.3) is 0 Å². The first kappa shape index (κ1) is 17.9. The summed E-state index contributed by atoms with van der Waals surface area (Å²) < 4.78 is 18.4. The number of hydrogen-bond acceptors (Lipinski definition) is 3. The van der Waals surface area contributed by atoms with Crippen LogP contribution in [0, 0.1) is 5.82 Å². The van der Waals surface area contributed by atoms with Crippen molar-refractivity contribution in [1.29, 1.82) is 0 Å². The highest BCUT2D eigenvalue weighted by Gasteiger charge is 2.26. The summed E-state index contributed by atoms with van der Waals surface area (Å²) in [4.78, 5) is 12.1. The molecule has 0 aromatic heterocycles. The molecule has 1 aliphatic heterocycles. The highest BCUT2D eigenvalue weighted by molar-refractivity contribution is 5.85. The lowest BCUT2D eigenvalue weighted by Gasteiger charge is -2.25. The molecule has 1 aliphatic rings. The summed E-state index contributed by atoms with van der Waals surface area (Å²) in [6, 6.07) is 5.87. The molecule has 1 saturated heterocycles. The average Bonchev–Trinajstić information content (AvgIpc) is 2.96. The van der Waals surface area contributed by atoms with Gasteiger partial charge in [0.15, 0.2) is 0 Å². The van der Waals surface area contributed by atoms with Crippen molar-refractivity contribution in [2.75, 3.05) is 13.7 Å². The molecule has 1 heterocycles. The molecule has 0 radical (unpaired) electrons. The Kier molecular flexibility index (Phi) is 7.08. The topological polar surface area (TPSA) is 50.4 Å². The summed E-state index contributed by atoms with van der Waals surface area (Å²) in [6.07, 6.45) is 1.60. The van der Waals surface area contributed by atoms with Gasteiger partial charge in [0, 0.05) is 7.11 Å². The van der Waals surface area contributed by atoms with Crippen LogP contribution in [0.1, 0.15) is 31.4 Å². The van der Waals surface area contributed by atoms with Gasteiger partial charge in [0.2, 0.25) is 5.91 Å². The Labute approximate surface area is 130 Å². The van der Waals surface area contributed by atoms with Gasteiger partial charge in [-0.15, -0.1) is 12.4 Å². The fourth-order valence-corrected chi connectivity index (χ4v) is 2.59. The predicted octanol–water partition coefficient (Wildman–Crippen LogP) is 2.19. The van der Waals surface area contributed by atoms with Crippen molar-refractivity contribution in [3.63, 3.8) is 0 Å². The van der Waals surface area contributed by atoms with Crippen LogP contribution < -0.4 is 10.6 Å². The average molecular weight is 317 g/mol. The molecule has 1 amide bonds. The van der Waals surface area contributed by atoms with Gasteiger partial charge in [-0.2, -0.15) is 0 Å². The maximum absolute atomic E-state index is 13.0. The third-order valence-corrected chi connectivity index (χ3v) is 3.65. The molecule has 3 atom stereocenters. The van der Waals surface area contributed by atoms with Crippen molar-refractivity contribution in [3.05, 3.63) is 35.6 Å². The predicted molar refractivity (Wildman–Crippen MR) is 82.0 cm³/mol. The van der Waals surface area contributed by atoms with Gasteiger partial charge in [-0.1, -0.05) is 12.1 Å². The van der Waals surface area contributed by atoms with E-state index in [0.717, 1.165) is 24.9 Å². The number of nitrogens with one attached hydrogen (secondary N) is 2. The second kappa shape index (κ2) is 8.32. The molecule has 118 valence electrons.